The maximum Gasteiger partial charge on any atom is 0.247 e. The third-order valence-corrected chi connectivity index (χ3v) is 6.21. The Morgan fingerprint density at radius 3 is 2.51 bits per heavy atom. The van der Waals surface area contributed by atoms with Crippen molar-refractivity contribution in [2.75, 3.05) is 36.1 Å². The van der Waals surface area contributed by atoms with E-state index in [9.17, 15) is 4.79 Å². The van der Waals surface area contributed by atoms with Gasteiger partial charge in [-0.05, 0) is 54.3 Å². The second-order valence-corrected chi connectivity index (χ2v) is 8.30. The summed E-state index contributed by atoms with van der Waals surface area (Å²) in [5.74, 6) is 0.0864. The van der Waals surface area contributed by atoms with Crippen LogP contribution in [0.5, 0.6) is 5.88 Å². The monoisotopic (exact) mass is 472 g/mol. The molecule has 0 unspecified atom stereocenters. The number of ether oxygens (including phenoxy) is 1. The van der Waals surface area contributed by atoms with Crippen LogP contribution in [0.1, 0.15) is 12.8 Å². The minimum absolute atomic E-state index is 0.249. The van der Waals surface area contributed by atoms with Crippen molar-refractivity contribution in [3.63, 3.8) is 0 Å². The Bertz CT molecular complexity index is 1420. The first kappa shape index (κ1) is 22.4. The van der Waals surface area contributed by atoms with Crippen LogP contribution >= 0.6 is 0 Å². The second-order valence-electron chi connectivity index (χ2n) is 8.30. The summed E-state index contributed by atoms with van der Waals surface area (Å²) in [4.78, 5) is 17.9. The lowest BCUT2D eigenvalue weighted by molar-refractivity contribution is -0.111. The Morgan fingerprint density at radius 1 is 1.14 bits per heavy atom. The first-order valence-electron chi connectivity index (χ1n) is 11.3. The number of nitrogens with one attached hydrogen (secondary N) is 1. The van der Waals surface area contributed by atoms with Crippen molar-refractivity contribution in [1.29, 1.82) is 0 Å². The molecule has 0 bridgehead atoms. The lowest BCUT2D eigenvalue weighted by Gasteiger charge is -2.19. The Labute approximate surface area is 201 Å². The van der Waals surface area contributed by atoms with Crippen LogP contribution in [0.2, 0.25) is 0 Å². The van der Waals surface area contributed by atoms with E-state index in [-0.39, 0.29) is 17.5 Å². The molecule has 35 heavy (non-hydrogen) atoms. The summed E-state index contributed by atoms with van der Waals surface area (Å²) < 4.78 is 22.7. The number of fused-ring (bicyclic) bond motifs is 1. The molecule has 0 spiro atoms. The summed E-state index contributed by atoms with van der Waals surface area (Å²) in [5.41, 5.74) is 10.8. The topological polar surface area (TPSA) is 97.8 Å². The summed E-state index contributed by atoms with van der Waals surface area (Å²) >= 11 is 0. The van der Waals surface area contributed by atoms with Gasteiger partial charge in [0.15, 0.2) is 5.82 Å². The van der Waals surface area contributed by atoms with E-state index in [1.54, 1.807) is 23.8 Å². The first-order valence-corrected chi connectivity index (χ1v) is 11.3. The summed E-state index contributed by atoms with van der Waals surface area (Å²) in [6.07, 6.45) is 4.67. The molecule has 3 heterocycles. The van der Waals surface area contributed by atoms with Crippen molar-refractivity contribution in [3.8, 4) is 28.1 Å². The van der Waals surface area contributed by atoms with Gasteiger partial charge in [0.2, 0.25) is 11.8 Å². The van der Waals surface area contributed by atoms with Gasteiger partial charge in [0.05, 0.1) is 18.4 Å². The molecule has 0 saturated carbocycles. The molecule has 9 heteroatoms. The SMILES string of the molecule is C=CC(=O)Nc1ccc(-c2c(-c3ccc(N4CCCC4)c(F)c3)c3c(N)ncnn3c2OC)cc1. The average molecular weight is 473 g/mol. The first-order chi connectivity index (χ1) is 17.0. The predicted octanol–water partition coefficient (Wildman–Crippen LogP) is 4.52. The van der Waals surface area contributed by atoms with Gasteiger partial charge in [-0.15, -0.1) is 0 Å². The molecule has 2 aromatic carbocycles. The number of benzene rings is 2. The molecule has 1 amide bonds. The molecule has 0 radical (unpaired) electrons. The van der Waals surface area contributed by atoms with E-state index < -0.39 is 0 Å². The Morgan fingerprint density at radius 2 is 1.86 bits per heavy atom. The highest BCUT2D eigenvalue weighted by Gasteiger charge is 2.26. The second kappa shape index (κ2) is 9.09. The van der Waals surface area contributed by atoms with E-state index in [0.29, 0.717) is 39.5 Å². The standard InChI is InChI=1S/C26H25FN6O2/c1-3-21(34)31-18-9-6-16(7-10-18)23-22(24-25(28)29-15-30-33(24)26(23)35-2)17-8-11-20(19(27)14-17)32-12-4-5-13-32/h3,6-11,14-15H,1,4-5,12-13H2,2H3,(H,31,34)(H2,28,29,30). The third kappa shape index (κ3) is 3.95. The molecule has 1 aliphatic rings. The number of hydrogen-bond donors (Lipinski definition) is 2. The van der Waals surface area contributed by atoms with Crippen LogP contribution in [0, 0.1) is 5.82 Å². The number of carbonyl (C=O) groups excluding carboxylic acids is 1. The fourth-order valence-electron chi connectivity index (χ4n) is 4.61. The number of hydrogen-bond acceptors (Lipinski definition) is 6. The molecule has 0 atom stereocenters. The van der Waals surface area contributed by atoms with Gasteiger partial charge in [-0.2, -0.15) is 9.61 Å². The largest absolute Gasteiger partial charge is 0.480 e. The highest BCUT2D eigenvalue weighted by atomic mass is 19.1. The molecule has 4 aromatic rings. The highest BCUT2D eigenvalue weighted by Crippen LogP contribution is 2.46. The molecular weight excluding hydrogens is 447 g/mol. The lowest BCUT2D eigenvalue weighted by atomic mass is 9.96. The van der Waals surface area contributed by atoms with E-state index in [4.69, 9.17) is 10.5 Å². The molecular formula is C26H25FN6O2. The Hall–Kier alpha value is -4.40. The fraction of sp³-hybridized carbons (Fsp3) is 0.192. The van der Waals surface area contributed by atoms with Crippen LogP contribution in [-0.2, 0) is 4.79 Å². The minimum Gasteiger partial charge on any atom is -0.480 e. The Balaban J connectivity index is 1.70. The van der Waals surface area contributed by atoms with Crippen molar-refractivity contribution in [3.05, 3.63) is 67.3 Å². The smallest absolute Gasteiger partial charge is 0.247 e. The van der Waals surface area contributed by atoms with E-state index in [1.165, 1.54) is 18.5 Å². The summed E-state index contributed by atoms with van der Waals surface area (Å²) in [6, 6.07) is 12.5. The van der Waals surface area contributed by atoms with Crippen LogP contribution in [0.25, 0.3) is 27.8 Å². The molecule has 2 aromatic heterocycles. The van der Waals surface area contributed by atoms with Gasteiger partial charge in [-0.3, -0.25) is 4.79 Å². The number of nitrogen functional groups attached to an aromatic ring is 1. The molecule has 5 rings (SSSR count). The number of amides is 1. The molecule has 1 fully saturated rings. The van der Waals surface area contributed by atoms with E-state index in [2.05, 4.69) is 26.9 Å². The number of halogens is 1. The van der Waals surface area contributed by atoms with E-state index >= 15 is 4.39 Å². The number of aromatic nitrogens is 3. The quantitative estimate of drug-likeness (QED) is 0.401. The van der Waals surface area contributed by atoms with Gasteiger partial charge in [0.25, 0.3) is 0 Å². The number of carbonyl (C=O) groups is 1. The highest BCUT2D eigenvalue weighted by molar-refractivity contribution is 6.02. The molecule has 3 N–H and O–H groups in total. The van der Waals surface area contributed by atoms with Gasteiger partial charge in [0, 0.05) is 24.3 Å². The van der Waals surface area contributed by atoms with Crippen LogP contribution in [0.4, 0.5) is 21.6 Å². The Kier molecular flexibility index (Phi) is 5.82. The molecule has 1 aliphatic heterocycles. The number of methoxy groups -OCH3 is 1. The van der Waals surface area contributed by atoms with Crippen molar-refractivity contribution < 1.29 is 13.9 Å². The zero-order valence-electron chi connectivity index (χ0n) is 19.3. The van der Waals surface area contributed by atoms with Gasteiger partial charge in [-0.1, -0.05) is 24.8 Å². The number of nitrogens with zero attached hydrogens (tertiary/aromatic N) is 4. The summed E-state index contributed by atoms with van der Waals surface area (Å²) in [6.45, 7) is 5.17. The molecule has 1 saturated heterocycles. The van der Waals surface area contributed by atoms with E-state index in [0.717, 1.165) is 31.5 Å². The van der Waals surface area contributed by atoms with Gasteiger partial charge in [0.1, 0.15) is 17.7 Å². The molecule has 0 aliphatic carbocycles. The van der Waals surface area contributed by atoms with Gasteiger partial charge < -0.3 is 20.7 Å². The zero-order chi connectivity index (χ0) is 24.5. The number of nitrogens with two attached hydrogens (primary N) is 1. The van der Waals surface area contributed by atoms with Crippen molar-refractivity contribution in [2.45, 2.75) is 12.8 Å². The average Bonchev–Trinajstić information content (AvgIpc) is 3.51. The van der Waals surface area contributed by atoms with E-state index in [1.807, 2.05) is 24.3 Å². The summed E-state index contributed by atoms with van der Waals surface area (Å²) in [7, 11) is 1.54. The fourth-order valence-corrected chi connectivity index (χ4v) is 4.61. The normalized spacial score (nSPS) is 13.3. The minimum atomic E-state index is -0.303. The van der Waals surface area contributed by atoms with Crippen LogP contribution in [-0.4, -0.2) is 40.7 Å². The maximum atomic E-state index is 15.3. The third-order valence-electron chi connectivity index (χ3n) is 6.21. The lowest BCUT2D eigenvalue weighted by Crippen LogP contribution is -2.18. The van der Waals surface area contributed by atoms with Crippen LogP contribution < -0.4 is 20.7 Å². The van der Waals surface area contributed by atoms with Crippen molar-refractivity contribution in [1.82, 2.24) is 14.6 Å². The van der Waals surface area contributed by atoms with Crippen LogP contribution in [0.3, 0.4) is 0 Å². The van der Waals surface area contributed by atoms with Crippen molar-refractivity contribution in [2.24, 2.45) is 0 Å². The van der Waals surface area contributed by atoms with Crippen molar-refractivity contribution >= 4 is 28.6 Å². The predicted molar refractivity (Wildman–Crippen MR) is 135 cm³/mol. The number of anilines is 3. The van der Waals surface area contributed by atoms with Gasteiger partial charge in [-0.25, -0.2) is 9.37 Å². The maximum absolute atomic E-state index is 15.3. The molecule has 178 valence electrons. The zero-order valence-corrected chi connectivity index (χ0v) is 19.3. The number of rotatable bonds is 6. The van der Waals surface area contributed by atoms with Gasteiger partial charge >= 0.3 is 0 Å². The molecule has 8 nitrogen and oxygen atoms in total. The summed E-state index contributed by atoms with van der Waals surface area (Å²) in [5, 5.41) is 7.08. The van der Waals surface area contributed by atoms with Crippen LogP contribution in [0.15, 0.2) is 61.4 Å².